The molecule has 19 heavy (non-hydrogen) atoms. The fourth-order valence-corrected chi connectivity index (χ4v) is 2.61. The van der Waals surface area contributed by atoms with Gasteiger partial charge in [0.05, 0.1) is 0 Å². The molecule has 2 nitrogen and oxygen atoms in total. The van der Waals surface area contributed by atoms with Crippen LogP contribution in [-0.2, 0) is 5.41 Å². The van der Waals surface area contributed by atoms with E-state index in [4.69, 9.17) is 0 Å². The zero-order valence-electron chi connectivity index (χ0n) is 12.8. The van der Waals surface area contributed by atoms with E-state index < -0.39 is 0 Å². The van der Waals surface area contributed by atoms with E-state index in [1.165, 1.54) is 42.6 Å². The van der Waals surface area contributed by atoms with Crippen molar-refractivity contribution in [1.29, 1.82) is 0 Å². The molecular formula is C17H28N2. The average molecular weight is 260 g/mol. The van der Waals surface area contributed by atoms with Crippen molar-refractivity contribution in [1.82, 2.24) is 5.32 Å². The molecule has 106 valence electrons. The highest BCUT2D eigenvalue weighted by atomic mass is 15.0. The number of piperidine rings is 1. The van der Waals surface area contributed by atoms with Crippen LogP contribution in [0.2, 0.25) is 0 Å². The van der Waals surface area contributed by atoms with Crippen molar-refractivity contribution >= 4 is 5.69 Å². The molecule has 1 aromatic carbocycles. The van der Waals surface area contributed by atoms with Crippen molar-refractivity contribution in [2.24, 2.45) is 0 Å². The summed E-state index contributed by atoms with van der Waals surface area (Å²) in [5.74, 6) is 0. The molecule has 0 bridgehead atoms. The minimum Gasteiger partial charge on any atom is -0.383 e. The molecule has 2 heteroatoms. The Labute approximate surface area is 118 Å². The highest BCUT2D eigenvalue weighted by molar-refractivity contribution is 5.54. The Morgan fingerprint density at radius 1 is 1.26 bits per heavy atom. The Hall–Kier alpha value is -1.02. The second-order valence-electron chi connectivity index (χ2n) is 6.81. The largest absolute Gasteiger partial charge is 0.383 e. The maximum Gasteiger partial charge on any atom is 0.0373 e. The fraction of sp³-hybridized carbons (Fsp3) is 0.647. The number of benzene rings is 1. The Morgan fingerprint density at radius 3 is 2.68 bits per heavy atom. The molecule has 1 aliphatic heterocycles. The molecule has 0 aromatic heterocycles. The molecule has 0 amide bonds. The molecule has 0 radical (unpaired) electrons. The monoisotopic (exact) mass is 260 g/mol. The minimum absolute atomic E-state index is 0.215. The van der Waals surface area contributed by atoms with Crippen molar-refractivity contribution in [2.75, 3.05) is 18.4 Å². The van der Waals surface area contributed by atoms with E-state index >= 15 is 0 Å². The molecule has 1 aromatic rings. The first-order valence-electron chi connectivity index (χ1n) is 7.55. The summed E-state index contributed by atoms with van der Waals surface area (Å²) in [5.41, 5.74) is 4.24. The zero-order valence-corrected chi connectivity index (χ0v) is 12.8. The van der Waals surface area contributed by atoms with Crippen LogP contribution in [0.4, 0.5) is 5.69 Å². The van der Waals surface area contributed by atoms with Crippen molar-refractivity contribution < 1.29 is 0 Å². The van der Waals surface area contributed by atoms with Crippen LogP contribution in [0.1, 0.15) is 51.2 Å². The summed E-state index contributed by atoms with van der Waals surface area (Å²) in [4.78, 5) is 0. The van der Waals surface area contributed by atoms with Gasteiger partial charge < -0.3 is 10.6 Å². The van der Waals surface area contributed by atoms with Crippen LogP contribution in [0.5, 0.6) is 0 Å². The van der Waals surface area contributed by atoms with E-state index in [0.717, 1.165) is 6.54 Å². The normalized spacial score (nSPS) is 20.3. The number of rotatable bonds is 3. The maximum absolute atomic E-state index is 3.63. The van der Waals surface area contributed by atoms with Crippen LogP contribution < -0.4 is 10.6 Å². The molecule has 2 N–H and O–H groups in total. The average Bonchev–Trinajstić information content (AvgIpc) is 2.37. The molecule has 1 fully saturated rings. The highest BCUT2D eigenvalue weighted by Crippen LogP contribution is 2.27. The first-order valence-corrected chi connectivity index (χ1v) is 7.55. The summed E-state index contributed by atoms with van der Waals surface area (Å²) in [6, 6.07) is 7.43. The highest BCUT2D eigenvalue weighted by Gasteiger charge is 2.16. The Bertz CT molecular complexity index is 412. The molecule has 1 saturated heterocycles. The smallest absolute Gasteiger partial charge is 0.0373 e. The molecule has 1 unspecified atom stereocenters. The van der Waals surface area contributed by atoms with E-state index in [0.29, 0.717) is 6.04 Å². The van der Waals surface area contributed by atoms with Gasteiger partial charge in [0.15, 0.2) is 0 Å². The Kier molecular flexibility index (Phi) is 4.51. The first-order chi connectivity index (χ1) is 8.97. The van der Waals surface area contributed by atoms with Crippen LogP contribution in [-0.4, -0.2) is 19.1 Å². The van der Waals surface area contributed by atoms with Gasteiger partial charge in [0.25, 0.3) is 0 Å². The predicted octanol–water partition coefficient (Wildman–Crippen LogP) is 3.85. The van der Waals surface area contributed by atoms with Gasteiger partial charge >= 0.3 is 0 Å². The molecule has 0 spiro atoms. The molecule has 2 rings (SSSR count). The third-order valence-electron chi connectivity index (χ3n) is 4.05. The second-order valence-corrected chi connectivity index (χ2v) is 6.81. The van der Waals surface area contributed by atoms with Crippen molar-refractivity contribution in [3.05, 3.63) is 29.3 Å². The number of nitrogens with one attached hydrogen (secondary N) is 2. The third kappa shape index (κ3) is 3.97. The topological polar surface area (TPSA) is 24.1 Å². The molecule has 1 aliphatic rings. The van der Waals surface area contributed by atoms with Crippen LogP contribution in [0.3, 0.4) is 0 Å². The predicted molar refractivity (Wildman–Crippen MR) is 84.0 cm³/mol. The first kappa shape index (κ1) is 14.4. The number of anilines is 1. The standard InChI is InChI=1S/C17H28N2/c1-13-8-9-14(17(2,3)4)11-16(13)19-12-15-7-5-6-10-18-15/h8-9,11,15,18-19H,5-7,10,12H2,1-4H3. The van der Waals surface area contributed by atoms with E-state index in [1.807, 2.05) is 0 Å². The van der Waals surface area contributed by atoms with Crippen molar-refractivity contribution in [3.63, 3.8) is 0 Å². The summed E-state index contributed by atoms with van der Waals surface area (Å²) >= 11 is 0. The number of hydrogen-bond donors (Lipinski definition) is 2. The van der Waals surface area contributed by atoms with Gasteiger partial charge in [-0.05, 0) is 48.9 Å². The minimum atomic E-state index is 0.215. The Balaban J connectivity index is 2.02. The van der Waals surface area contributed by atoms with E-state index in [2.05, 4.69) is 56.5 Å². The van der Waals surface area contributed by atoms with Gasteiger partial charge in [-0.3, -0.25) is 0 Å². The van der Waals surface area contributed by atoms with Gasteiger partial charge in [-0.25, -0.2) is 0 Å². The van der Waals surface area contributed by atoms with Crippen LogP contribution in [0, 0.1) is 6.92 Å². The van der Waals surface area contributed by atoms with Gasteiger partial charge in [0, 0.05) is 18.3 Å². The number of hydrogen-bond acceptors (Lipinski definition) is 2. The molecule has 0 saturated carbocycles. The molecule has 0 aliphatic carbocycles. The van der Waals surface area contributed by atoms with E-state index in [9.17, 15) is 0 Å². The fourth-order valence-electron chi connectivity index (χ4n) is 2.61. The van der Waals surface area contributed by atoms with Gasteiger partial charge in [0.2, 0.25) is 0 Å². The van der Waals surface area contributed by atoms with Crippen LogP contribution >= 0.6 is 0 Å². The number of aryl methyl sites for hydroxylation is 1. The van der Waals surface area contributed by atoms with Crippen LogP contribution in [0.25, 0.3) is 0 Å². The summed E-state index contributed by atoms with van der Waals surface area (Å²) in [5, 5.41) is 7.22. The lowest BCUT2D eigenvalue weighted by atomic mass is 9.86. The summed E-state index contributed by atoms with van der Waals surface area (Å²) in [7, 11) is 0. The van der Waals surface area contributed by atoms with E-state index in [1.54, 1.807) is 0 Å². The lowest BCUT2D eigenvalue weighted by Gasteiger charge is -2.25. The summed E-state index contributed by atoms with van der Waals surface area (Å²) < 4.78 is 0. The van der Waals surface area contributed by atoms with Gasteiger partial charge in [-0.15, -0.1) is 0 Å². The third-order valence-corrected chi connectivity index (χ3v) is 4.05. The molecular weight excluding hydrogens is 232 g/mol. The van der Waals surface area contributed by atoms with Crippen molar-refractivity contribution in [2.45, 2.75) is 58.4 Å². The van der Waals surface area contributed by atoms with Gasteiger partial charge in [-0.2, -0.15) is 0 Å². The van der Waals surface area contributed by atoms with Crippen LogP contribution in [0.15, 0.2) is 18.2 Å². The molecule has 1 atom stereocenters. The van der Waals surface area contributed by atoms with Gasteiger partial charge in [0.1, 0.15) is 0 Å². The van der Waals surface area contributed by atoms with Gasteiger partial charge in [-0.1, -0.05) is 39.3 Å². The second kappa shape index (κ2) is 5.96. The lowest BCUT2D eigenvalue weighted by Crippen LogP contribution is -2.39. The maximum atomic E-state index is 3.63. The summed E-state index contributed by atoms with van der Waals surface area (Å²) in [6.07, 6.45) is 3.99. The zero-order chi connectivity index (χ0) is 13.9. The summed E-state index contributed by atoms with van der Waals surface area (Å²) in [6.45, 7) is 11.2. The lowest BCUT2D eigenvalue weighted by molar-refractivity contribution is 0.414. The molecule has 1 heterocycles. The van der Waals surface area contributed by atoms with E-state index in [-0.39, 0.29) is 5.41 Å². The Morgan fingerprint density at radius 2 is 2.05 bits per heavy atom. The quantitative estimate of drug-likeness (QED) is 0.862. The SMILES string of the molecule is Cc1ccc(C(C)(C)C)cc1NCC1CCCCN1. The van der Waals surface area contributed by atoms with Crippen molar-refractivity contribution in [3.8, 4) is 0 Å².